The van der Waals surface area contributed by atoms with E-state index in [4.69, 9.17) is 52.4 Å². The maximum absolute atomic E-state index is 13.9. The number of fused-ring (bicyclic) bond motifs is 6. The fraction of sp³-hybridized carbons (Fsp3) is 0.613. The Hall–Kier alpha value is -7.64. The summed E-state index contributed by atoms with van der Waals surface area (Å²) in [6.07, 6.45) is 2.94. The van der Waals surface area contributed by atoms with E-state index in [0.29, 0.717) is 87.4 Å². The maximum atomic E-state index is 13.9. The number of nitrogens with one attached hydrogen (secondary N) is 6. The molecular formula is C62H87N9O20. The minimum atomic E-state index is -1.96. The molecule has 0 spiro atoms. The van der Waals surface area contributed by atoms with Gasteiger partial charge in [-0.05, 0) is 70.1 Å². The molecule has 0 unspecified atom stereocenters. The number of esters is 1. The summed E-state index contributed by atoms with van der Waals surface area (Å²) in [5, 5.41) is 29.4. The quantitative estimate of drug-likeness (QED) is 0.0187. The first-order valence-corrected chi connectivity index (χ1v) is 30.9. The zero-order chi connectivity index (χ0) is 65.5. The van der Waals surface area contributed by atoms with Gasteiger partial charge in [-0.3, -0.25) is 38.5 Å². The lowest BCUT2D eigenvalue weighted by molar-refractivity contribution is -0.172. The topological polar surface area (TPSA) is 359 Å². The number of cyclic esters (lactones) is 1. The van der Waals surface area contributed by atoms with Gasteiger partial charge in [0.2, 0.25) is 30.4 Å². The number of imide groups is 1. The molecule has 7 rings (SSSR count). The molecule has 3 atom stereocenters. The predicted molar refractivity (Wildman–Crippen MR) is 325 cm³/mol. The number of alkyl carbamates (subject to hydrolysis) is 1. The number of unbranched alkanes of at least 4 members (excludes halogenated alkanes) is 1. The number of aromatic nitrogens is 2. The normalized spacial score (nSPS) is 16.1. The van der Waals surface area contributed by atoms with Crippen molar-refractivity contribution in [3.63, 3.8) is 0 Å². The fourth-order valence-corrected chi connectivity index (χ4v) is 10.2. The lowest BCUT2D eigenvalue weighted by Crippen LogP contribution is -2.55. The second-order valence-corrected chi connectivity index (χ2v) is 23.2. The van der Waals surface area contributed by atoms with Gasteiger partial charge in [0.15, 0.2) is 17.1 Å². The molecule has 7 N–H and O–H groups in total. The Balaban J connectivity index is 0.777. The number of amides is 7. The highest BCUT2D eigenvalue weighted by molar-refractivity contribution is 6.13. The molecule has 6 heterocycles. The number of carbonyl (C=O) groups excluding carboxylic acids is 8. The lowest BCUT2D eigenvalue weighted by atomic mass is 9.86. The van der Waals surface area contributed by atoms with Crippen LogP contribution in [0.2, 0.25) is 0 Å². The molecule has 0 radical (unpaired) electrons. The number of hydrogen-bond acceptors (Lipinski definition) is 22. The van der Waals surface area contributed by atoms with Crippen LogP contribution in [0.5, 0.6) is 11.5 Å². The standard InChI is InChI=1S/C62H87N9O20/c1-7-62(81)44-33-47-55-42(36-71(47)58(78)43(44)37-88-59(62)79)41(40-32-48-49(90-38-89-48)34-46(40)67-55)35-63-16-21-83-25-26-85-23-18-65-56(76)45(10-8-9-15-66-60(80)91-61(4,5)6)68-57(77)54(39(2)3)69-51(73)14-20-82-24-28-86-30-31-87-29-27-84-22-17-64-50(72)13-19-70-52(74)11-12-53(70)75/h11-12,32-34,39,45,54,63,81H,7-10,13-31,35-38H2,1-6H3,(H,64,72)(H,65,76)(H,66,80)(H,68,77)(H,69,73)/t45-,54-,62-/m0/s1. The first-order valence-electron chi connectivity index (χ1n) is 30.9. The first-order chi connectivity index (χ1) is 43.7. The van der Waals surface area contributed by atoms with E-state index in [1.165, 1.54) is 12.2 Å². The number of ether oxygens (including phenoxy) is 10. The van der Waals surface area contributed by atoms with Crippen molar-refractivity contribution in [2.24, 2.45) is 5.92 Å². The van der Waals surface area contributed by atoms with Crippen molar-refractivity contribution < 1.29 is 90.8 Å². The van der Waals surface area contributed by atoms with E-state index in [2.05, 4.69) is 31.9 Å². The third kappa shape index (κ3) is 20.4. The van der Waals surface area contributed by atoms with Crippen LogP contribution in [0.4, 0.5) is 4.79 Å². The SMILES string of the molecule is CC[C@@]1(O)C(=O)OCc2c1cc1n(c2=O)Cc2c-1nc1cc3c(cc1c2CNCCOCCOCCNC(=O)[C@H](CCCCNC(=O)OC(C)(C)C)NC(=O)[C@@H](NC(=O)CCOCCOCCOCCOCCNC(=O)CCN1C(=O)C=CC1=O)C(C)C)OCO3. The van der Waals surface area contributed by atoms with Gasteiger partial charge in [0.25, 0.3) is 17.4 Å². The van der Waals surface area contributed by atoms with Gasteiger partial charge in [-0.25, -0.2) is 14.6 Å². The minimum Gasteiger partial charge on any atom is -0.458 e. The zero-order valence-electron chi connectivity index (χ0n) is 52.8. The Labute approximate surface area is 527 Å². The highest BCUT2D eigenvalue weighted by atomic mass is 16.7. The number of carbonyl (C=O) groups is 8. The number of aliphatic hydroxyl groups is 1. The van der Waals surface area contributed by atoms with Crippen LogP contribution in [-0.4, -0.2) is 204 Å². The van der Waals surface area contributed by atoms with Crippen LogP contribution >= 0.6 is 0 Å². The smallest absolute Gasteiger partial charge is 0.407 e. The number of hydrogen-bond donors (Lipinski definition) is 7. The molecule has 3 aromatic rings. The molecule has 0 fully saturated rings. The van der Waals surface area contributed by atoms with Crippen molar-refractivity contribution in [3.05, 3.63) is 63.0 Å². The molecule has 4 aliphatic heterocycles. The number of benzene rings is 1. The molecule has 1 aromatic carbocycles. The second kappa shape index (κ2) is 34.7. The number of pyridine rings is 2. The monoisotopic (exact) mass is 1280 g/mol. The van der Waals surface area contributed by atoms with Crippen LogP contribution in [0, 0.1) is 5.92 Å². The summed E-state index contributed by atoms with van der Waals surface area (Å²) in [5.41, 5.74) is 0.823. The highest BCUT2D eigenvalue weighted by Gasteiger charge is 2.46. The second-order valence-electron chi connectivity index (χ2n) is 23.2. The molecule has 29 heteroatoms. The van der Waals surface area contributed by atoms with Crippen LogP contribution in [0.1, 0.15) is 102 Å². The molecule has 2 aromatic heterocycles. The summed E-state index contributed by atoms with van der Waals surface area (Å²) in [5.74, 6) is -2.60. The van der Waals surface area contributed by atoms with E-state index in [0.717, 1.165) is 21.4 Å². The molecule has 29 nitrogen and oxygen atoms in total. The summed E-state index contributed by atoms with van der Waals surface area (Å²) in [6, 6.07) is 3.42. The molecule has 0 aliphatic carbocycles. The van der Waals surface area contributed by atoms with E-state index in [-0.39, 0.29) is 147 Å². The molecule has 0 bridgehead atoms. The Bertz CT molecular complexity index is 3130. The van der Waals surface area contributed by atoms with Crippen molar-refractivity contribution >= 4 is 58.4 Å². The summed E-state index contributed by atoms with van der Waals surface area (Å²) < 4.78 is 57.2. The molecule has 500 valence electrons. The van der Waals surface area contributed by atoms with E-state index in [9.17, 15) is 48.3 Å². The molecule has 0 saturated heterocycles. The van der Waals surface area contributed by atoms with E-state index in [1.54, 1.807) is 58.2 Å². The Kier molecular flexibility index (Phi) is 27.0. The van der Waals surface area contributed by atoms with Crippen LogP contribution in [0.15, 0.2) is 35.1 Å². The largest absolute Gasteiger partial charge is 0.458 e. The third-order valence-corrected chi connectivity index (χ3v) is 15.1. The lowest BCUT2D eigenvalue weighted by Gasteiger charge is -2.31. The summed E-state index contributed by atoms with van der Waals surface area (Å²) in [6.45, 7) is 15.0. The van der Waals surface area contributed by atoms with Gasteiger partial charge in [-0.1, -0.05) is 20.8 Å². The van der Waals surface area contributed by atoms with E-state index < -0.39 is 64.9 Å². The highest BCUT2D eigenvalue weighted by Crippen LogP contribution is 2.43. The predicted octanol–water partition coefficient (Wildman–Crippen LogP) is 1.26. The molecule has 7 amide bonds. The van der Waals surface area contributed by atoms with Crippen molar-refractivity contribution in [3.8, 4) is 22.9 Å². The van der Waals surface area contributed by atoms with Crippen molar-refractivity contribution in [2.75, 3.05) is 119 Å². The van der Waals surface area contributed by atoms with Gasteiger partial charge in [0, 0.05) is 86.8 Å². The molecule has 4 aliphatic rings. The minimum absolute atomic E-state index is 0.000409. The van der Waals surface area contributed by atoms with Crippen LogP contribution in [0.25, 0.3) is 22.3 Å². The van der Waals surface area contributed by atoms with Gasteiger partial charge < -0.3 is 88.9 Å². The van der Waals surface area contributed by atoms with Gasteiger partial charge in [0.1, 0.15) is 24.3 Å². The van der Waals surface area contributed by atoms with Crippen LogP contribution in [-0.2, 0) is 96.8 Å². The van der Waals surface area contributed by atoms with Crippen molar-refractivity contribution in [1.82, 2.24) is 46.4 Å². The molecule has 91 heavy (non-hydrogen) atoms. The molecular weight excluding hydrogens is 1190 g/mol. The van der Waals surface area contributed by atoms with Gasteiger partial charge >= 0.3 is 12.1 Å². The Morgan fingerprint density at radius 2 is 1.31 bits per heavy atom. The average molecular weight is 1280 g/mol. The van der Waals surface area contributed by atoms with Gasteiger partial charge in [0.05, 0.1) is 108 Å². The van der Waals surface area contributed by atoms with Crippen LogP contribution in [0.3, 0.4) is 0 Å². The average Bonchev–Trinajstić information content (AvgIpc) is 1.62. The summed E-state index contributed by atoms with van der Waals surface area (Å²) in [4.78, 5) is 120. The summed E-state index contributed by atoms with van der Waals surface area (Å²) >= 11 is 0. The summed E-state index contributed by atoms with van der Waals surface area (Å²) in [7, 11) is 0. The fourth-order valence-electron chi connectivity index (χ4n) is 10.2. The Morgan fingerprint density at radius 1 is 0.692 bits per heavy atom. The number of nitrogens with zero attached hydrogens (tertiary/aromatic N) is 3. The van der Waals surface area contributed by atoms with Crippen LogP contribution < -0.4 is 46.9 Å². The van der Waals surface area contributed by atoms with Gasteiger partial charge in [-0.15, -0.1) is 0 Å². The third-order valence-electron chi connectivity index (χ3n) is 15.1. The Morgan fingerprint density at radius 3 is 1.95 bits per heavy atom. The van der Waals surface area contributed by atoms with Crippen molar-refractivity contribution in [2.45, 2.75) is 123 Å². The molecule has 0 saturated carbocycles. The zero-order valence-corrected chi connectivity index (χ0v) is 52.8. The van der Waals surface area contributed by atoms with Gasteiger partial charge in [-0.2, -0.15) is 0 Å². The van der Waals surface area contributed by atoms with E-state index in [1.807, 2.05) is 6.07 Å². The maximum Gasteiger partial charge on any atom is 0.407 e. The number of rotatable bonds is 40. The first kappa shape index (κ1) is 70.8. The van der Waals surface area contributed by atoms with Crippen molar-refractivity contribution in [1.29, 1.82) is 0 Å². The van der Waals surface area contributed by atoms with E-state index >= 15 is 0 Å².